The normalized spacial score (nSPS) is 11.1. The zero-order chi connectivity index (χ0) is 30.5. The van der Waals surface area contributed by atoms with Gasteiger partial charge in [0.25, 0.3) is 0 Å². The summed E-state index contributed by atoms with van der Waals surface area (Å²) < 4.78 is 5.44. The highest BCUT2D eigenvalue weighted by Crippen LogP contribution is 2.26. The molecule has 222 valence electrons. The molecule has 0 saturated heterocycles. The molecule has 0 aliphatic carbocycles. The lowest BCUT2D eigenvalue weighted by molar-refractivity contribution is -0.141. The lowest BCUT2D eigenvalue weighted by Gasteiger charge is -2.23. The number of methoxy groups -OCH3 is 1. The number of hydrogen-bond acceptors (Lipinski definition) is 6. The Labute approximate surface area is 239 Å². The monoisotopic (exact) mass is 570 g/mol. The summed E-state index contributed by atoms with van der Waals surface area (Å²) in [6.07, 6.45) is 0.636. The molecule has 2 aromatic rings. The van der Waals surface area contributed by atoms with Gasteiger partial charge in [0.2, 0.25) is 11.8 Å². The number of anilines is 2. The number of aliphatic carboxylic acids is 1. The standard InChI is InChI=1S/C28H38N6O7/c1-18-8-5-6-9-20(18)30-27(39)31-21-12-10-19(16-23(21)41-4)11-13-25(36)33(2)14-7-15-34(3)28(40)32-22(26(37)38)17-24(29)35/h5-6,8-10,12,16,22H,7,11,13-15,17H2,1-4H3,(H2,29,35)(H,32,40)(H,37,38)(H2,30,31,39). The maximum Gasteiger partial charge on any atom is 0.326 e. The van der Waals surface area contributed by atoms with Gasteiger partial charge in [0, 0.05) is 39.3 Å². The molecule has 6 N–H and O–H groups in total. The van der Waals surface area contributed by atoms with Crippen LogP contribution in [0.3, 0.4) is 0 Å². The molecule has 13 heteroatoms. The van der Waals surface area contributed by atoms with Crippen molar-refractivity contribution in [2.24, 2.45) is 5.73 Å². The largest absolute Gasteiger partial charge is 0.495 e. The van der Waals surface area contributed by atoms with Gasteiger partial charge in [-0.25, -0.2) is 14.4 Å². The van der Waals surface area contributed by atoms with Gasteiger partial charge in [-0.15, -0.1) is 0 Å². The van der Waals surface area contributed by atoms with Crippen LogP contribution in [0.1, 0.15) is 30.4 Å². The van der Waals surface area contributed by atoms with Crippen LogP contribution in [-0.2, 0) is 20.8 Å². The van der Waals surface area contributed by atoms with Crippen molar-refractivity contribution in [2.75, 3.05) is 44.9 Å². The van der Waals surface area contributed by atoms with Crippen LogP contribution in [0, 0.1) is 6.92 Å². The number of hydrogen-bond donors (Lipinski definition) is 5. The van der Waals surface area contributed by atoms with E-state index in [1.165, 1.54) is 19.1 Å². The quantitative estimate of drug-likeness (QED) is 0.231. The number of primary amides is 1. The molecule has 0 radical (unpaired) electrons. The third-order valence-corrected chi connectivity index (χ3v) is 6.30. The van der Waals surface area contributed by atoms with Crippen molar-refractivity contribution in [1.82, 2.24) is 15.1 Å². The highest BCUT2D eigenvalue weighted by Gasteiger charge is 2.23. The number of aryl methyl sites for hydroxylation is 2. The third-order valence-electron chi connectivity index (χ3n) is 6.30. The number of para-hydroxylation sites is 1. The number of carbonyl (C=O) groups excluding carboxylic acids is 4. The molecule has 0 bridgehead atoms. The molecule has 0 aliphatic rings. The predicted molar refractivity (Wildman–Crippen MR) is 154 cm³/mol. The minimum absolute atomic E-state index is 0.0942. The van der Waals surface area contributed by atoms with Crippen LogP contribution in [0.2, 0.25) is 0 Å². The van der Waals surface area contributed by atoms with E-state index >= 15 is 0 Å². The predicted octanol–water partition coefficient (Wildman–Crippen LogP) is 2.40. The maximum absolute atomic E-state index is 12.6. The number of ether oxygens (including phenoxy) is 1. The van der Waals surface area contributed by atoms with E-state index in [4.69, 9.17) is 15.6 Å². The Kier molecular flexibility index (Phi) is 12.4. The van der Waals surface area contributed by atoms with Gasteiger partial charge in [0.1, 0.15) is 11.8 Å². The molecule has 1 unspecified atom stereocenters. The van der Waals surface area contributed by atoms with Gasteiger partial charge >= 0.3 is 18.0 Å². The number of rotatable bonds is 14. The van der Waals surface area contributed by atoms with Crippen molar-refractivity contribution in [3.63, 3.8) is 0 Å². The molecule has 1 atom stereocenters. The minimum atomic E-state index is -1.41. The number of carboxylic acids is 1. The number of urea groups is 2. The lowest BCUT2D eigenvalue weighted by Crippen LogP contribution is -2.48. The van der Waals surface area contributed by atoms with Gasteiger partial charge in [-0.05, 0) is 49.1 Å². The first-order valence-corrected chi connectivity index (χ1v) is 13.0. The number of nitrogens with zero attached hydrogens (tertiary/aromatic N) is 2. The Hall–Kier alpha value is -4.81. The number of carbonyl (C=O) groups is 5. The van der Waals surface area contributed by atoms with Gasteiger partial charge in [0.15, 0.2) is 0 Å². The summed E-state index contributed by atoms with van der Waals surface area (Å²) in [6, 6.07) is 10.3. The van der Waals surface area contributed by atoms with Crippen molar-refractivity contribution in [2.45, 2.75) is 38.6 Å². The van der Waals surface area contributed by atoms with E-state index in [1.54, 1.807) is 24.1 Å². The first-order valence-electron chi connectivity index (χ1n) is 13.0. The average molecular weight is 571 g/mol. The molecule has 41 heavy (non-hydrogen) atoms. The lowest BCUT2D eigenvalue weighted by atomic mass is 10.1. The summed E-state index contributed by atoms with van der Waals surface area (Å²) >= 11 is 0. The molecule has 2 rings (SSSR count). The summed E-state index contributed by atoms with van der Waals surface area (Å²) in [5, 5.41) is 17.0. The molecule has 0 heterocycles. The summed E-state index contributed by atoms with van der Waals surface area (Å²) in [7, 11) is 4.65. The maximum atomic E-state index is 12.6. The van der Waals surface area contributed by atoms with E-state index in [1.807, 2.05) is 37.3 Å². The topological polar surface area (TPSA) is 183 Å². The molecule has 6 amide bonds. The van der Waals surface area contributed by atoms with Crippen molar-refractivity contribution >= 4 is 41.2 Å². The second-order valence-electron chi connectivity index (χ2n) is 9.53. The summed E-state index contributed by atoms with van der Waals surface area (Å²) in [6.45, 7) is 2.53. The third kappa shape index (κ3) is 10.7. The molecule has 0 aromatic heterocycles. The summed E-state index contributed by atoms with van der Waals surface area (Å²) in [5.41, 5.74) is 8.00. The van der Waals surface area contributed by atoms with E-state index in [2.05, 4.69) is 16.0 Å². The van der Waals surface area contributed by atoms with Gasteiger partial charge in [-0.3, -0.25) is 9.59 Å². The summed E-state index contributed by atoms with van der Waals surface area (Å²) in [5.74, 6) is -1.83. The van der Waals surface area contributed by atoms with Crippen molar-refractivity contribution in [3.05, 3.63) is 53.6 Å². The van der Waals surface area contributed by atoms with Gasteiger partial charge in [-0.1, -0.05) is 24.3 Å². The fraction of sp³-hybridized carbons (Fsp3) is 0.393. The zero-order valence-electron chi connectivity index (χ0n) is 23.7. The number of nitrogens with one attached hydrogen (secondary N) is 3. The van der Waals surface area contributed by atoms with Crippen LogP contribution < -0.4 is 26.4 Å². The molecule has 0 spiro atoms. The number of nitrogens with two attached hydrogens (primary N) is 1. The first kappa shape index (κ1) is 32.4. The molecular formula is C28H38N6O7. The second-order valence-corrected chi connectivity index (χ2v) is 9.53. The van der Waals surface area contributed by atoms with E-state index in [9.17, 15) is 24.0 Å². The Morgan fingerprint density at radius 3 is 2.27 bits per heavy atom. The zero-order valence-corrected chi connectivity index (χ0v) is 23.7. The average Bonchev–Trinajstić information content (AvgIpc) is 2.92. The van der Waals surface area contributed by atoms with Gasteiger partial charge < -0.3 is 41.3 Å². The fourth-order valence-electron chi connectivity index (χ4n) is 3.86. The fourth-order valence-corrected chi connectivity index (χ4v) is 3.86. The van der Waals surface area contributed by atoms with E-state index in [0.717, 1.165) is 11.1 Å². The number of amides is 6. The van der Waals surface area contributed by atoms with Crippen LogP contribution >= 0.6 is 0 Å². The van der Waals surface area contributed by atoms with Crippen LogP contribution in [0.25, 0.3) is 0 Å². The molecular weight excluding hydrogens is 532 g/mol. The van der Waals surface area contributed by atoms with Gasteiger partial charge in [-0.2, -0.15) is 0 Å². The number of carboxylic acid groups (broad SMARTS) is 1. The van der Waals surface area contributed by atoms with Crippen LogP contribution in [0.4, 0.5) is 21.0 Å². The SMILES string of the molecule is COc1cc(CCC(=O)N(C)CCCN(C)C(=O)NC(CC(N)=O)C(=O)O)ccc1NC(=O)Nc1ccccc1C. The second kappa shape index (κ2) is 15.7. The van der Waals surface area contributed by atoms with E-state index < -0.39 is 36.4 Å². The van der Waals surface area contributed by atoms with Crippen molar-refractivity contribution in [1.29, 1.82) is 0 Å². The summed E-state index contributed by atoms with van der Waals surface area (Å²) in [4.78, 5) is 62.4. The molecule has 0 fully saturated rings. The smallest absolute Gasteiger partial charge is 0.326 e. The Morgan fingerprint density at radius 1 is 0.976 bits per heavy atom. The minimum Gasteiger partial charge on any atom is -0.495 e. The molecule has 2 aromatic carbocycles. The molecule has 13 nitrogen and oxygen atoms in total. The van der Waals surface area contributed by atoms with E-state index in [-0.39, 0.29) is 18.9 Å². The first-order chi connectivity index (χ1) is 19.4. The van der Waals surface area contributed by atoms with Crippen molar-refractivity contribution < 1.29 is 33.8 Å². The van der Waals surface area contributed by atoms with Crippen LogP contribution in [0.5, 0.6) is 5.75 Å². The number of benzene rings is 2. The molecule has 0 saturated carbocycles. The Balaban J connectivity index is 1.81. The Bertz CT molecular complexity index is 1250. The van der Waals surface area contributed by atoms with Crippen molar-refractivity contribution in [3.8, 4) is 5.75 Å². The van der Waals surface area contributed by atoms with Crippen LogP contribution in [0.15, 0.2) is 42.5 Å². The highest BCUT2D eigenvalue weighted by atomic mass is 16.5. The van der Waals surface area contributed by atoms with E-state index in [0.29, 0.717) is 36.5 Å². The Morgan fingerprint density at radius 2 is 1.63 bits per heavy atom. The molecule has 0 aliphatic heterocycles. The highest BCUT2D eigenvalue weighted by molar-refractivity contribution is 6.01. The van der Waals surface area contributed by atoms with Crippen LogP contribution in [-0.4, -0.2) is 85.1 Å². The van der Waals surface area contributed by atoms with Gasteiger partial charge in [0.05, 0.1) is 19.2 Å².